The van der Waals surface area contributed by atoms with Gasteiger partial charge in [0.2, 0.25) is 5.91 Å². The zero-order chi connectivity index (χ0) is 21.7. The van der Waals surface area contributed by atoms with E-state index in [1.54, 1.807) is 12.1 Å². The molecule has 156 valence electrons. The summed E-state index contributed by atoms with van der Waals surface area (Å²) >= 11 is 0. The third-order valence-corrected chi connectivity index (χ3v) is 5.53. The first-order chi connectivity index (χ1) is 14.1. The van der Waals surface area contributed by atoms with Crippen LogP contribution in [-0.2, 0) is 27.7 Å². The summed E-state index contributed by atoms with van der Waals surface area (Å²) < 4.78 is 40.4. The lowest BCUT2D eigenvalue weighted by molar-refractivity contribution is -0.140. The van der Waals surface area contributed by atoms with Crippen LogP contribution in [-0.4, -0.2) is 35.8 Å². The van der Waals surface area contributed by atoms with E-state index in [0.717, 1.165) is 17.7 Å². The SMILES string of the molecule is CC1(c2ccccc2C(F)(F)F)NC(=O)N(CC(=O)N2CCc3ccccc32)C1=O. The van der Waals surface area contributed by atoms with Gasteiger partial charge >= 0.3 is 12.2 Å². The molecule has 1 unspecified atom stereocenters. The molecule has 1 atom stereocenters. The average Bonchev–Trinajstić information content (AvgIpc) is 3.23. The molecular weight excluding hydrogens is 399 g/mol. The van der Waals surface area contributed by atoms with Gasteiger partial charge in [-0.15, -0.1) is 0 Å². The van der Waals surface area contributed by atoms with E-state index in [1.807, 2.05) is 12.1 Å². The Morgan fingerprint density at radius 2 is 1.77 bits per heavy atom. The Hall–Kier alpha value is -3.36. The molecule has 30 heavy (non-hydrogen) atoms. The molecule has 0 aromatic heterocycles. The molecule has 0 saturated carbocycles. The molecule has 2 aromatic rings. The fourth-order valence-electron chi connectivity index (χ4n) is 4.01. The van der Waals surface area contributed by atoms with Crippen molar-refractivity contribution in [2.24, 2.45) is 0 Å². The van der Waals surface area contributed by atoms with E-state index < -0.39 is 41.7 Å². The molecule has 1 N–H and O–H groups in total. The summed E-state index contributed by atoms with van der Waals surface area (Å²) in [5, 5.41) is 2.34. The van der Waals surface area contributed by atoms with E-state index in [2.05, 4.69) is 5.32 Å². The van der Waals surface area contributed by atoms with Crippen LogP contribution in [0.1, 0.15) is 23.6 Å². The number of hydrogen-bond donors (Lipinski definition) is 1. The Morgan fingerprint density at radius 1 is 1.10 bits per heavy atom. The molecule has 2 heterocycles. The van der Waals surface area contributed by atoms with Crippen molar-refractivity contribution in [2.75, 3.05) is 18.0 Å². The Balaban J connectivity index is 1.61. The second-order valence-electron chi connectivity index (χ2n) is 7.41. The summed E-state index contributed by atoms with van der Waals surface area (Å²) in [6, 6.07) is 11.0. The van der Waals surface area contributed by atoms with Gasteiger partial charge in [0, 0.05) is 12.2 Å². The molecule has 4 amide bonds. The minimum Gasteiger partial charge on any atom is -0.319 e. The van der Waals surface area contributed by atoms with E-state index in [0.29, 0.717) is 23.6 Å². The van der Waals surface area contributed by atoms with E-state index in [-0.39, 0.29) is 5.56 Å². The lowest BCUT2D eigenvalue weighted by atomic mass is 9.87. The number of amides is 4. The molecule has 0 radical (unpaired) electrons. The van der Waals surface area contributed by atoms with Crippen LogP contribution >= 0.6 is 0 Å². The van der Waals surface area contributed by atoms with Crippen LogP contribution < -0.4 is 10.2 Å². The van der Waals surface area contributed by atoms with Crippen LogP contribution in [0.2, 0.25) is 0 Å². The number of nitrogens with zero attached hydrogens (tertiary/aromatic N) is 2. The Labute approximate surface area is 170 Å². The summed E-state index contributed by atoms with van der Waals surface area (Å²) in [5.41, 5.74) is -1.61. The maximum Gasteiger partial charge on any atom is 0.416 e. The number of carbonyl (C=O) groups excluding carboxylic acids is 3. The number of anilines is 1. The van der Waals surface area contributed by atoms with Gasteiger partial charge in [-0.1, -0.05) is 36.4 Å². The standard InChI is InChI=1S/C21H18F3N3O3/c1-20(14-7-3-4-8-15(14)21(22,23)24)18(29)27(19(30)25-20)12-17(28)26-11-10-13-6-2-5-9-16(13)26/h2-9H,10-12H2,1H3,(H,25,30). The quantitative estimate of drug-likeness (QED) is 0.781. The number of hydrogen-bond acceptors (Lipinski definition) is 3. The summed E-state index contributed by atoms with van der Waals surface area (Å²) in [6.45, 7) is 1.08. The highest BCUT2D eigenvalue weighted by atomic mass is 19.4. The van der Waals surface area contributed by atoms with Gasteiger partial charge in [-0.25, -0.2) is 4.79 Å². The molecule has 1 fully saturated rings. The third kappa shape index (κ3) is 3.10. The molecule has 2 aromatic carbocycles. The zero-order valence-electron chi connectivity index (χ0n) is 16.0. The highest BCUT2D eigenvalue weighted by Gasteiger charge is 2.52. The van der Waals surface area contributed by atoms with Crippen molar-refractivity contribution in [3.05, 3.63) is 65.2 Å². The second kappa shape index (κ2) is 6.86. The second-order valence-corrected chi connectivity index (χ2v) is 7.41. The van der Waals surface area contributed by atoms with Crippen LogP contribution in [0.5, 0.6) is 0 Å². The predicted molar refractivity (Wildman–Crippen MR) is 102 cm³/mol. The van der Waals surface area contributed by atoms with Gasteiger partial charge in [0.15, 0.2) is 0 Å². The van der Waals surface area contributed by atoms with Crippen molar-refractivity contribution in [1.29, 1.82) is 0 Å². The molecule has 0 bridgehead atoms. The third-order valence-electron chi connectivity index (χ3n) is 5.53. The molecule has 0 spiro atoms. The van der Waals surface area contributed by atoms with E-state index in [9.17, 15) is 27.6 Å². The summed E-state index contributed by atoms with van der Waals surface area (Å²) in [6.07, 6.45) is -4.05. The number of urea groups is 1. The molecule has 9 heteroatoms. The van der Waals surface area contributed by atoms with Gasteiger partial charge in [0.1, 0.15) is 12.1 Å². The lowest BCUT2D eigenvalue weighted by Gasteiger charge is -2.26. The molecule has 2 aliphatic heterocycles. The highest BCUT2D eigenvalue weighted by molar-refractivity contribution is 6.11. The fraction of sp³-hybridized carbons (Fsp3) is 0.286. The Kier molecular flexibility index (Phi) is 4.56. The summed E-state index contributed by atoms with van der Waals surface area (Å²) in [5.74, 6) is -1.37. The van der Waals surface area contributed by atoms with Gasteiger partial charge in [0.25, 0.3) is 5.91 Å². The van der Waals surface area contributed by atoms with Crippen molar-refractivity contribution in [2.45, 2.75) is 25.1 Å². The Morgan fingerprint density at radius 3 is 2.50 bits per heavy atom. The number of nitrogens with one attached hydrogen (secondary N) is 1. The van der Waals surface area contributed by atoms with Crippen LogP contribution in [0.25, 0.3) is 0 Å². The molecule has 2 aliphatic rings. The number of benzene rings is 2. The van der Waals surface area contributed by atoms with Gasteiger partial charge < -0.3 is 10.2 Å². The maximum absolute atomic E-state index is 13.5. The summed E-state index contributed by atoms with van der Waals surface area (Å²) in [4.78, 5) is 40.4. The van der Waals surface area contributed by atoms with Gasteiger partial charge in [0.05, 0.1) is 5.56 Å². The maximum atomic E-state index is 13.5. The van der Waals surface area contributed by atoms with E-state index in [1.165, 1.54) is 24.0 Å². The number of alkyl halides is 3. The lowest BCUT2D eigenvalue weighted by Crippen LogP contribution is -2.45. The number of carbonyl (C=O) groups is 3. The van der Waals surface area contributed by atoms with E-state index in [4.69, 9.17) is 0 Å². The molecule has 4 rings (SSSR count). The van der Waals surface area contributed by atoms with Crippen molar-refractivity contribution in [1.82, 2.24) is 10.2 Å². The number of fused-ring (bicyclic) bond motifs is 1. The van der Waals surface area contributed by atoms with Crippen molar-refractivity contribution in [3.8, 4) is 0 Å². The normalized spacial score (nSPS) is 21.1. The first-order valence-electron chi connectivity index (χ1n) is 9.32. The predicted octanol–water partition coefficient (Wildman–Crippen LogP) is 3.06. The molecular formula is C21H18F3N3O3. The van der Waals surface area contributed by atoms with Crippen LogP contribution in [0, 0.1) is 0 Å². The molecule has 0 aliphatic carbocycles. The average molecular weight is 417 g/mol. The van der Waals surface area contributed by atoms with Crippen LogP contribution in [0.15, 0.2) is 48.5 Å². The Bertz CT molecular complexity index is 1050. The van der Waals surface area contributed by atoms with E-state index >= 15 is 0 Å². The van der Waals surface area contributed by atoms with Crippen LogP contribution in [0.3, 0.4) is 0 Å². The first kappa shape index (κ1) is 19.9. The van der Waals surface area contributed by atoms with Crippen molar-refractivity contribution < 1.29 is 27.6 Å². The summed E-state index contributed by atoms with van der Waals surface area (Å²) in [7, 11) is 0. The zero-order valence-corrected chi connectivity index (χ0v) is 16.0. The van der Waals surface area contributed by atoms with Crippen molar-refractivity contribution >= 4 is 23.5 Å². The van der Waals surface area contributed by atoms with Gasteiger partial charge in [-0.05, 0) is 36.6 Å². The van der Waals surface area contributed by atoms with Crippen molar-refractivity contribution in [3.63, 3.8) is 0 Å². The van der Waals surface area contributed by atoms with Crippen LogP contribution in [0.4, 0.5) is 23.7 Å². The minimum absolute atomic E-state index is 0.364. The van der Waals surface area contributed by atoms with Gasteiger partial charge in [-0.3, -0.25) is 14.5 Å². The molecule has 6 nitrogen and oxygen atoms in total. The smallest absolute Gasteiger partial charge is 0.319 e. The number of halogens is 3. The molecule has 1 saturated heterocycles. The first-order valence-corrected chi connectivity index (χ1v) is 9.32. The number of imide groups is 1. The number of rotatable bonds is 3. The topological polar surface area (TPSA) is 69.7 Å². The largest absolute Gasteiger partial charge is 0.416 e. The monoisotopic (exact) mass is 417 g/mol. The fourth-order valence-corrected chi connectivity index (χ4v) is 4.01. The van der Waals surface area contributed by atoms with Gasteiger partial charge in [-0.2, -0.15) is 13.2 Å². The minimum atomic E-state index is -4.70. The number of para-hydroxylation sites is 1. The highest BCUT2D eigenvalue weighted by Crippen LogP contribution is 2.39.